The lowest BCUT2D eigenvalue weighted by molar-refractivity contribution is 0.242. The predicted molar refractivity (Wildman–Crippen MR) is 83.1 cm³/mol. The van der Waals surface area contributed by atoms with Gasteiger partial charge in [-0.1, -0.05) is 18.1 Å². The van der Waals surface area contributed by atoms with E-state index in [2.05, 4.69) is 34.0 Å². The Hall–Kier alpha value is -1.24. The van der Waals surface area contributed by atoms with Gasteiger partial charge >= 0.3 is 0 Å². The zero-order valence-electron chi connectivity index (χ0n) is 12.3. The molecule has 0 aromatic carbocycles. The third-order valence-electron chi connectivity index (χ3n) is 4.28. The molecule has 21 heavy (non-hydrogen) atoms. The summed E-state index contributed by atoms with van der Waals surface area (Å²) in [7, 11) is 0. The Labute approximate surface area is 129 Å². The van der Waals surface area contributed by atoms with Crippen LogP contribution < -0.4 is 5.32 Å². The van der Waals surface area contributed by atoms with E-state index in [0.717, 1.165) is 13.0 Å². The smallest absolute Gasteiger partial charge is 0.108 e. The number of rotatable bonds is 5. The summed E-state index contributed by atoms with van der Waals surface area (Å²) in [6, 6.07) is 2.94. The fourth-order valence-corrected chi connectivity index (χ4v) is 3.88. The number of hydrogen-bond acceptors (Lipinski definition) is 5. The number of nitrogens with zero attached hydrogens (tertiary/aromatic N) is 3. The van der Waals surface area contributed by atoms with Crippen molar-refractivity contribution >= 4 is 11.3 Å². The molecule has 0 radical (unpaired) electrons. The van der Waals surface area contributed by atoms with Gasteiger partial charge in [-0.15, -0.1) is 16.4 Å². The van der Waals surface area contributed by atoms with E-state index in [9.17, 15) is 0 Å². The van der Waals surface area contributed by atoms with Crippen LogP contribution in [-0.2, 0) is 13.2 Å². The van der Waals surface area contributed by atoms with Crippen LogP contribution in [0.15, 0.2) is 17.6 Å². The van der Waals surface area contributed by atoms with E-state index >= 15 is 0 Å². The number of aliphatic hydroxyl groups is 1. The van der Waals surface area contributed by atoms with E-state index < -0.39 is 0 Å². The van der Waals surface area contributed by atoms with Crippen molar-refractivity contribution < 1.29 is 5.11 Å². The fourth-order valence-electron chi connectivity index (χ4n) is 3.02. The van der Waals surface area contributed by atoms with E-state index in [4.69, 9.17) is 5.11 Å². The number of hydrogen-bond donors (Lipinski definition) is 2. The largest absolute Gasteiger partial charge is 0.390 e. The number of thiophene rings is 1. The van der Waals surface area contributed by atoms with Gasteiger partial charge in [0.15, 0.2) is 0 Å². The molecule has 1 fully saturated rings. The maximum Gasteiger partial charge on any atom is 0.108 e. The molecule has 1 saturated carbocycles. The molecular weight excluding hydrogens is 284 g/mol. The van der Waals surface area contributed by atoms with Crippen molar-refractivity contribution in [2.24, 2.45) is 0 Å². The van der Waals surface area contributed by atoms with Gasteiger partial charge in [0.2, 0.25) is 0 Å². The number of aromatic nitrogens is 3. The van der Waals surface area contributed by atoms with Crippen molar-refractivity contribution in [1.82, 2.24) is 20.3 Å². The molecule has 114 valence electrons. The minimum absolute atomic E-state index is 0.0425. The van der Waals surface area contributed by atoms with Gasteiger partial charge < -0.3 is 10.4 Å². The van der Waals surface area contributed by atoms with Crippen LogP contribution >= 0.6 is 11.3 Å². The van der Waals surface area contributed by atoms with Crippen LogP contribution in [0.25, 0.3) is 0 Å². The summed E-state index contributed by atoms with van der Waals surface area (Å²) in [6.07, 6.45) is 6.66. The molecule has 0 unspecified atom stereocenters. The minimum atomic E-state index is -0.0425. The summed E-state index contributed by atoms with van der Waals surface area (Å²) in [4.78, 5) is 1.41. The monoisotopic (exact) mass is 306 g/mol. The first-order chi connectivity index (χ1) is 10.3. The average molecular weight is 306 g/mol. The summed E-state index contributed by atoms with van der Waals surface area (Å²) in [5, 5.41) is 23.2. The summed E-state index contributed by atoms with van der Waals surface area (Å²) >= 11 is 1.81. The predicted octanol–water partition coefficient (Wildman–Crippen LogP) is 2.41. The molecule has 1 aliphatic carbocycles. The Balaban J connectivity index is 1.68. The molecule has 2 atom stereocenters. The number of aryl methyl sites for hydroxylation is 1. The van der Waals surface area contributed by atoms with Crippen LogP contribution in [0.5, 0.6) is 0 Å². The summed E-state index contributed by atoms with van der Waals surface area (Å²) < 4.78 is 1.93. The first kappa shape index (κ1) is 14.7. The number of nitrogens with one attached hydrogen (secondary N) is 1. The Bertz CT molecular complexity index is 580. The first-order valence-corrected chi connectivity index (χ1v) is 8.44. The Kier molecular flexibility index (Phi) is 4.67. The van der Waals surface area contributed by atoms with Crippen LogP contribution in [0.2, 0.25) is 0 Å². The van der Waals surface area contributed by atoms with Crippen LogP contribution in [0.1, 0.15) is 47.9 Å². The average Bonchev–Trinajstić information content (AvgIpc) is 3.14. The molecule has 2 N–H and O–H groups in total. The van der Waals surface area contributed by atoms with Crippen LogP contribution in [-0.4, -0.2) is 26.1 Å². The summed E-state index contributed by atoms with van der Waals surface area (Å²) in [5.74, 6) is 0. The number of aliphatic hydroxyl groups excluding tert-OH is 1. The van der Waals surface area contributed by atoms with Gasteiger partial charge in [0.05, 0.1) is 18.8 Å². The molecule has 2 aromatic rings. The molecule has 0 spiro atoms. The topological polar surface area (TPSA) is 63.0 Å². The highest BCUT2D eigenvalue weighted by Crippen LogP contribution is 2.29. The fraction of sp³-hybridized carbons (Fsp3) is 0.600. The third-order valence-corrected chi connectivity index (χ3v) is 5.30. The van der Waals surface area contributed by atoms with E-state index in [-0.39, 0.29) is 6.61 Å². The van der Waals surface area contributed by atoms with Gasteiger partial charge in [-0.25, -0.2) is 4.68 Å². The second kappa shape index (κ2) is 6.68. The third kappa shape index (κ3) is 3.33. The van der Waals surface area contributed by atoms with Crippen LogP contribution in [0, 0.1) is 6.92 Å². The lowest BCUT2D eigenvalue weighted by Crippen LogP contribution is -2.39. The van der Waals surface area contributed by atoms with Gasteiger partial charge in [-0.2, -0.15) is 0 Å². The summed E-state index contributed by atoms with van der Waals surface area (Å²) in [6.45, 7) is 3.04. The zero-order chi connectivity index (χ0) is 14.7. The van der Waals surface area contributed by atoms with Gasteiger partial charge in [0.25, 0.3) is 0 Å². The van der Waals surface area contributed by atoms with E-state index in [0.29, 0.717) is 17.8 Å². The highest BCUT2D eigenvalue weighted by molar-refractivity contribution is 7.10. The zero-order valence-corrected chi connectivity index (χ0v) is 13.1. The maximum absolute atomic E-state index is 9.14. The molecule has 0 bridgehead atoms. The second-order valence-corrected chi connectivity index (χ2v) is 6.71. The van der Waals surface area contributed by atoms with Gasteiger partial charge in [-0.3, -0.25) is 0 Å². The molecule has 0 amide bonds. The Morgan fingerprint density at radius 3 is 3.00 bits per heavy atom. The highest BCUT2D eigenvalue weighted by atomic mass is 32.1. The van der Waals surface area contributed by atoms with E-state index in [1.165, 1.54) is 29.7 Å². The molecule has 5 nitrogen and oxygen atoms in total. The van der Waals surface area contributed by atoms with Crippen molar-refractivity contribution in [2.45, 2.75) is 57.8 Å². The van der Waals surface area contributed by atoms with Gasteiger partial charge in [0, 0.05) is 17.5 Å². The van der Waals surface area contributed by atoms with Gasteiger partial charge in [-0.05, 0) is 36.8 Å². The molecular formula is C15H22N4OS. The molecule has 0 saturated heterocycles. The molecule has 2 heterocycles. The molecule has 1 aliphatic rings. The Morgan fingerprint density at radius 1 is 1.43 bits per heavy atom. The minimum Gasteiger partial charge on any atom is -0.390 e. The normalized spacial score (nSPS) is 22.6. The van der Waals surface area contributed by atoms with Crippen LogP contribution in [0.3, 0.4) is 0 Å². The highest BCUT2D eigenvalue weighted by Gasteiger charge is 2.27. The lowest BCUT2D eigenvalue weighted by Gasteiger charge is -2.32. The SMILES string of the molecule is Cc1ccsc1CN[C@H]1CCCC[C@H]1n1cc(CO)nn1. The maximum atomic E-state index is 9.14. The summed E-state index contributed by atoms with van der Waals surface area (Å²) in [5.41, 5.74) is 2.01. The first-order valence-electron chi connectivity index (χ1n) is 7.56. The molecule has 2 aromatic heterocycles. The van der Waals surface area contributed by atoms with Crippen LogP contribution in [0.4, 0.5) is 0 Å². The molecule has 6 heteroatoms. The van der Waals surface area contributed by atoms with E-state index in [1.54, 1.807) is 0 Å². The standard InChI is InChI=1S/C15H22N4OS/c1-11-6-7-21-15(11)8-16-13-4-2-3-5-14(13)19-9-12(10-20)17-18-19/h6-7,9,13-14,16,20H,2-5,8,10H2,1H3/t13-,14+/m0/s1. The Morgan fingerprint density at radius 2 is 2.29 bits per heavy atom. The van der Waals surface area contributed by atoms with Crippen molar-refractivity contribution in [3.63, 3.8) is 0 Å². The van der Waals surface area contributed by atoms with Crippen molar-refractivity contribution in [1.29, 1.82) is 0 Å². The quantitative estimate of drug-likeness (QED) is 0.890. The lowest BCUT2D eigenvalue weighted by atomic mass is 9.90. The second-order valence-electron chi connectivity index (χ2n) is 5.71. The van der Waals surface area contributed by atoms with E-state index in [1.807, 2.05) is 22.2 Å². The van der Waals surface area contributed by atoms with Crippen molar-refractivity contribution in [3.8, 4) is 0 Å². The van der Waals surface area contributed by atoms with Crippen molar-refractivity contribution in [2.75, 3.05) is 0 Å². The van der Waals surface area contributed by atoms with Crippen molar-refractivity contribution in [3.05, 3.63) is 33.8 Å². The molecule has 0 aliphatic heterocycles. The molecule has 3 rings (SSSR count). The van der Waals surface area contributed by atoms with Gasteiger partial charge in [0.1, 0.15) is 5.69 Å².